The third-order valence-electron chi connectivity index (χ3n) is 2.04. The molecule has 1 rings (SSSR count). The van der Waals surface area contributed by atoms with Crippen LogP contribution in [0.25, 0.3) is 0 Å². The highest BCUT2D eigenvalue weighted by molar-refractivity contribution is 6.02. The first kappa shape index (κ1) is 9.50. The molecule has 0 spiro atoms. The van der Waals surface area contributed by atoms with Gasteiger partial charge in [-0.2, -0.15) is 0 Å². The number of hydrogen-bond donors (Lipinski definition) is 3. The summed E-state index contributed by atoms with van der Waals surface area (Å²) in [5.74, 6) is -1.86. The first-order valence-corrected chi connectivity index (χ1v) is 3.80. The number of piperidine rings is 1. The third-order valence-corrected chi connectivity index (χ3v) is 2.04. The highest BCUT2D eigenvalue weighted by Crippen LogP contribution is 2.14. The van der Waals surface area contributed by atoms with E-state index in [0.29, 0.717) is 0 Å². The Labute approximate surface area is 74.3 Å². The maximum atomic E-state index is 10.5. The highest BCUT2D eigenvalue weighted by Gasteiger charge is 2.31. The molecule has 6 heteroatoms. The van der Waals surface area contributed by atoms with E-state index < -0.39 is 18.0 Å². The molecule has 1 unspecified atom stereocenters. The number of nitrogens with one attached hydrogen (secondary N) is 1. The number of likely N-dealkylation sites (tertiary alicyclic amines) is 1. The van der Waals surface area contributed by atoms with E-state index in [1.54, 1.807) is 0 Å². The molecule has 0 radical (unpaired) electrons. The van der Waals surface area contributed by atoms with Crippen LogP contribution in [0.5, 0.6) is 0 Å². The molecule has 6 nitrogen and oxygen atoms in total. The van der Waals surface area contributed by atoms with Gasteiger partial charge in [-0.3, -0.25) is 4.79 Å². The number of hydrogen-bond acceptors (Lipinski definition) is 3. The van der Waals surface area contributed by atoms with Crippen molar-refractivity contribution in [3.8, 4) is 0 Å². The van der Waals surface area contributed by atoms with Crippen LogP contribution in [-0.2, 0) is 4.79 Å². The number of carboxylic acid groups (broad SMARTS) is 2. The second-order valence-electron chi connectivity index (χ2n) is 2.91. The van der Waals surface area contributed by atoms with Crippen LogP contribution in [0.4, 0.5) is 4.79 Å². The van der Waals surface area contributed by atoms with Crippen molar-refractivity contribution < 1.29 is 19.8 Å². The van der Waals surface area contributed by atoms with Gasteiger partial charge >= 0.3 is 12.1 Å². The lowest BCUT2D eigenvalue weighted by Crippen LogP contribution is -2.45. The van der Waals surface area contributed by atoms with Crippen molar-refractivity contribution in [2.75, 3.05) is 13.1 Å². The Hall–Kier alpha value is -1.59. The smallest absolute Gasteiger partial charge is 0.407 e. The van der Waals surface area contributed by atoms with E-state index in [2.05, 4.69) is 0 Å². The van der Waals surface area contributed by atoms with Gasteiger partial charge in [-0.25, -0.2) is 4.79 Å². The minimum Gasteiger partial charge on any atom is -0.481 e. The average Bonchev–Trinajstić information content (AvgIpc) is 2.03. The summed E-state index contributed by atoms with van der Waals surface area (Å²) >= 11 is 0. The molecule has 0 aromatic carbocycles. The molecule has 1 heterocycles. The van der Waals surface area contributed by atoms with Gasteiger partial charge in [0.2, 0.25) is 0 Å². The number of rotatable bonds is 1. The maximum absolute atomic E-state index is 10.5. The molecule has 0 aliphatic carbocycles. The van der Waals surface area contributed by atoms with Crippen molar-refractivity contribution in [1.82, 2.24) is 4.90 Å². The predicted molar refractivity (Wildman–Crippen MR) is 43.1 cm³/mol. The Balaban J connectivity index is 2.62. The van der Waals surface area contributed by atoms with Crippen LogP contribution in [0.15, 0.2) is 0 Å². The van der Waals surface area contributed by atoms with Gasteiger partial charge in [-0.15, -0.1) is 0 Å². The number of aliphatic carboxylic acids is 1. The van der Waals surface area contributed by atoms with Crippen LogP contribution < -0.4 is 0 Å². The van der Waals surface area contributed by atoms with Crippen LogP contribution in [-0.4, -0.2) is 46.0 Å². The number of carboxylic acids is 1. The lowest BCUT2D eigenvalue weighted by molar-refractivity contribution is -0.139. The van der Waals surface area contributed by atoms with E-state index in [1.807, 2.05) is 0 Å². The second-order valence-corrected chi connectivity index (χ2v) is 2.91. The van der Waals surface area contributed by atoms with Gasteiger partial charge in [-0.1, -0.05) is 0 Å². The van der Waals surface area contributed by atoms with Gasteiger partial charge in [0.15, 0.2) is 0 Å². The van der Waals surface area contributed by atoms with Crippen molar-refractivity contribution in [2.24, 2.45) is 5.92 Å². The molecule has 13 heavy (non-hydrogen) atoms. The van der Waals surface area contributed by atoms with Gasteiger partial charge < -0.3 is 20.5 Å². The molecule has 1 saturated heterocycles. The monoisotopic (exact) mass is 186 g/mol. The van der Waals surface area contributed by atoms with E-state index in [1.165, 1.54) is 0 Å². The average molecular weight is 186 g/mol. The molecule has 72 valence electrons. The SMILES string of the molecule is N=C1CN(C(=O)O)CCC1C(=O)O. The van der Waals surface area contributed by atoms with E-state index in [4.69, 9.17) is 15.6 Å². The zero-order valence-corrected chi connectivity index (χ0v) is 6.86. The zero-order chi connectivity index (χ0) is 10.0. The minimum atomic E-state index is -1.10. The summed E-state index contributed by atoms with van der Waals surface area (Å²) in [5.41, 5.74) is -0.0406. The topological polar surface area (TPSA) is 102 Å². The molecule has 0 aromatic rings. The first-order valence-electron chi connectivity index (χ1n) is 3.80. The quantitative estimate of drug-likeness (QED) is 0.540. The predicted octanol–water partition coefficient (Wildman–Crippen LogP) is 0.0907. The number of amides is 1. The van der Waals surface area contributed by atoms with Crippen LogP contribution in [0, 0.1) is 11.3 Å². The molecule has 1 fully saturated rings. The lowest BCUT2D eigenvalue weighted by Gasteiger charge is -2.28. The summed E-state index contributed by atoms with van der Waals surface area (Å²) in [4.78, 5) is 22.0. The van der Waals surface area contributed by atoms with Crippen molar-refractivity contribution in [3.63, 3.8) is 0 Å². The van der Waals surface area contributed by atoms with E-state index in [9.17, 15) is 9.59 Å². The molecule has 1 atom stereocenters. The van der Waals surface area contributed by atoms with Crippen molar-refractivity contribution in [3.05, 3.63) is 0 Å². The first-order chi connectivity index (χ1) is 6.02. The third kappa shape index (κ3) is 1.95. The van der Waals surface area contributed by atoms with Gasteiger partial charge in [0.25, 0.3) is 0 Å². The van der Waals surface area contributed by atoms with Crippen LogP contribution >= 0.6 is 0 Å². The summed E-state index contributed by atoms with van der Waals surface area (Å²) in [5, 5.41) is 24.5. The normalized spacial score (nSPS) is 22.9. The fourth-order valence-corrected chi connectivity index (χ4v) is 1.29. The molecule has 1 aliphatic heterocycles. The summed E-state index contributed by atoms with van der Waals surface area (Å²) in [6, 6.07) is 0. The summed E-state index contributed by atoms with van der Waals surface area (Å²) in [6.45, 7) is 0.0982. The lowest BCUT2D eigenvalue weighted by atomic mass is 9.95. The van der Waals surface area contributed by atoms with Crippen molar-refractivity contribution in [2.45, 2.75) is 6.42 Å². The van der Waals surface area contributed by atoms with Gasteiger partial charge in [0.05, 0.1) is 12.5 Å². The Kier molecular flexibility index (Phi) is 2.50. The summed E-state index contributed by atoms with van der Waals surface area (Å²) in [7, 11) is 0. The zero-order valence-electron chi connectivity index (χ0n) is 6.86. The van der Waals surface area contributed by atoms with Gasteiger partial charge in [-0.05, 0) is 6.42 Å². The fraction of sp³-hybridized carbons (Fsp3) is 0.571. The number of nitrogens with zero attached hydrogens (tertiary/aromatic N) is 1. The molecule has 0 saturated carbocycles. The minimum absolute atomic E-state index is 0.0406. The molecule has 3 N–H and O–H groups in total. The molecular formula is C7H10N2O4. The summed E-state index contributed by atoms with van der Waals surface area (Å²) < 4.78 is 0. The second kappa shape index (κ2) is 3.42. The molecule has 0 bridgehead atoms. The fourth-order valence-electron chi connectivity index (χ4n) is 1.29. The van der Waals surface area contributed by atoms with E-state index in [0.717, 1.165) is 4.90 Å². The Morgan fingerprint density at radius 1 is 1.46 bits per heavy atom. The maximum Gasteiger partial charge on any atom is 0.407 e. The Morgan fingerprint density at radius 3 is 2.46 bits per heavy atom. The van der Waals surface area contributed by atoms with Crippen molar-refractivity contribution >= 4 is 17.8 Å². The van der Waals surface area contributed by atoms with E-state index in [-0.39, 0.29) is 25.2 Å². The van der Waals surface area contributed by atoms with Gasteiger partial charge in [0.1, 0.15) is 0 Å². The highest BCUT2D eigenvalue weighted by atomic mass is 16.4. The van der Waals surface area contributed by atoms with Crippen LogP contribution in [0.2, 0.25) is 0 Å². The molecular weight excluding hydrogens is 176 g/mol. The van der Waals surface area contributed by atoms with Crippen LogP contribution in [0.1, 0.15) is 6.42 Å². The number of carbonyl (C=O) groups is 2. The van der Waals surface area contributed by atoms with Crippen LogP contribution in [0.3, 0.4) is 0 Å². The Morgan fingerprint density at radius 2 is 2.08 bits per heavy atom. The Bertz CT molecular complexity index is 263. The van der Waals surface area contributed by atoms with Gasteiger partial charge in [0, 0.05) is 12.3 Å². The summed E-state index contributed by atoms with van der Waals surface area (Å²) in [6.07, 6.45) is -0.908. The standard InChI is InChI=1S/C7H10N2O4/c8-5-3-9(7(12)13)2-1-4(5)6(10)11/h4,8H,1-3H2,(H,10,11)(H,12,13). The molecule has 1 amide bonds. The van der Waals surface area contributed by atoms with Crippen molar-refractivity contribution in [1.29, 1.82) is 5.41 Å². The molecule has 0 aromatic heterocycles. The van der Waals surface area contributed by atoms with E-state index >= 15 is 0 Å². The molecule has 1 aliphatic rings. The largest absolute Gasteiger partial charge is 0.481 e.